The third-order valence-electron chi connectivity index (χ3n) is 4.65. The van der Waals surface area contributed by atoms with Crippen LogP contribution in [0.1, 0.15) is 5.56 Å². The summed E-state index contributed by atoms with van der Waals surface area (Å²) in [6.45, 7) is 5.99. The number of nitrogens with one attached hydrogen (secondary N) is 1. The summed E-state index contributed by atoms with van der Waals surface area (Å²) in [7, 11) is 0. The van der Waals surface area contributed by atoms with E-state index in [4.69, 9.17) is 4.74 Å². The number of piperazine rings is 1. The van der Waals surface area contributed by atoms with Gasteiger partial charge in [-0.15, -0.1) is 0 Å². The molecule has 0 spiro atoms. The minimum Gasteiger partial charge on any atom is -0.492 e. The largest absolute Gasteiger partial charge is 0.492 e. The Labute approximate surface area is 159 Å². The predicted molar refractivity (Wildman–Crippen MR) is 103 cm³/mol. The van der Waals surface area contributed by atoms with Crippen molar-refractivity contribution in [3.8, 4) is 5.75 Å². The highest BCUT2D eigenvalue weighted by atomic mass is 19.1. The molecule has 6 heteroatoms. The number of nitrogens with zero attached hydrogens (tertiary/aromatic N) is 2. The number of hydrogen-bond donors (Lipinski definition) is 1. The van der Waals surface area contributed by atoms with Crippen LogP contribution in [0.5, 0.6) is 5.75 Å². The molecular weight excluding hydrogens is 345 g/mol. The molecule has 5 nitrogen and oxygen atoms in total. The molecule has 1 saturated heterocycles. The van der Waals surface area contributed by atoms with Gasteiger partial charge in [-0.05, 0) is 29.8 Å². The second-order valence-electron chi connectivity index (χ2n) is 6.68. The summed E-state index contributed by atoms with van der Waals surface area (Å²) in [5.74, 6) is 0.631. The molecule has 1 aliphatic rings. The van der Waals surface area contributed by atoms with Crippen LogP contribution in [0.3, 0.4) is 0 Å². The first-order valence-corrected chi connectivity index (χ1v) is 9.33. The average Bonchev–Trinajstić information content (AvgIpc) is 2.70. The van der Waals surface area contributed by atoms with Gasteiger partial charge < -0.3 is 10.1 Å². The Morgan fingerprint density at radius 2 is 1.63 bits per heavy atom. The zero-order valence-electron chi connectivity index (χ0n) is 15.4. The third kappa shape index (κ3) is 6.66. The summed E-state index contributed by atoms with van der Waals surface area (Å²) in [5, 5.41) is 2.89. The number of ether oxygens (including phenoxy) is 1. The highest BCUT2D eigenvalue weighted by molar-refractivity contribution is 5.78. The van der Waals surface area contributed by atoms with Gasteiger partial charge in [0, 0.05) is 39.3 Å². The molecule has 1 fully saturated rings. The maximum Gasteiger partial charge on any atom is 0.234 e. The molecular formula is C21H26FN3O2. The smallest absolute Gasteiger partial charge is 0.234 e. The first-order chi connectivity index (χ1) is 13.2. The van der Waals surface area contributed by atoms with Crippen molar-refractivity contribution >= 4 is 5.91 Å². The van der Waals surface area contributed by atoms with Gasteiger partial charge in [0.15, 0.2) is 0 Å². The van der Waals surface area contributed by atoms with Gasteiger partial charge >= 0.3 is 0 Å². The minimum absolute atomic E-state index is 0.000172. The molecule has 0 unspecified atom stereocenters. The van der Waals surface area contributed by atoms with Crippen LogP contribution in [-0.4, -0.2) is 61.6 Å². The van der Waals surface area contributed by atoms with Crippen LogP contribution in [0.4, 0.5) is 4.39 Å². The van der Waals surface area contributed by atoms with E-state index in [9.17, 15) is 9.18 Å². The molecule has 27 heavy (non-hydrogen) atoms. The van der Waals surface area contributed by atoms with E-state index in [1.165, 1.54) is 12.1 Å². The summed E-state index contributed by atoms with van der Waals surface area (Å²) < 4.78 is 18.6. The van der Waals surface area contributed by atoms with E-state index in [1.54, 1.807) is 12.1 Å². The van der Waals surface area contributed by atoms with Crippen LogP contribution in [0.15, 0.2) is 54.6 Å². The number of benzene rings is 2. The molecule has 2 aromatic rings. The van der Waals surface area contributed by atoms with Gasteiger partial charge in [-0.3, -0.25) is 14.6 Å². The molecule has 0 aromatic heterocycles. The van der Waals surface area contributed by atoms with E-state index < -0.39 is 0 Å². The molecule has 1 aliphatic heterocycles. The van der Waals surface area contributed by atoms with Gasteiger partial charge in [-0.2, -0.15) is 0 Å². The molecule has 0 atom stereocenters. The van der Waals surface area contributed by atoms with Crippen LogP contribution in [-0.2, 0) is 11.3 Å². The molecule has 0 radical (unpaired) electrons. The molecule has 3 rings (SSSR count). The van der Waals surface area contributed by atoms with Crippen molar-refractivity contribution in [2.24, 2.45) is 0 Å². The van der Waals surface area contributed by atoms with Crippen molar-refractivity contribution in [2.45, 2.75) is 6.54 Å². The lowest BCUT2D eigenvalue weighted by atomic mass is 10.2. The standard InChI is InChI=1S/C21H26FN3O2/c22-19-8-6-18(7-9-19)16-23-21(26)17-25-12-10-24(11-13-25)14-15-27-20-4-2-1-3-5-20/h1-9H,10-17H2,(H,23,26). The topological polar surface area (TPSA) is 44.8 Å². The van der Waals surface area contributed by atoms with E-state index in [0.717, 1.165) is 44.0 Å². The fourth-order valence-corrected chi connectivity index (χ4v) is 3.04. The number of rotatable bonds is 8. The van der Waals surface area contributed by atoms with Gasteiger partial charge in [0.25, 0.3) is 0 Å². The Bertz CT molecular complexity index is 701. The van der Waals surface area contributed by atoms with Gasteiger partial charge in [0.05, 0.1) is 6.54 Å². The molecule has 1 amide bonds. The summed E-state index contributed by atoms with van der Waals surface area (Å²) in [6, 6.07) is 16.0. The lowest BCUT2D eigenvalue weighted by Crippen LogP contribution is -2.50. The highest BCUT2D eigenvalue weighted by Gasteiger charge is 2.18. The van der Waals surface area contributed by atoms with Crippen LogP contribution in [0, 0.1) is 5.82 Å². The van der Waals surface area contributed by atoms with E-state index in [-0.39, 0.29) is 11.7 Å². The quantitative estimate of drug-likeness (QED) is 0.772. The van der Waals surface area contributed by atoms with E-state index in [0.29, 0.717) is 19.7 Å². The van der Waals surface area contributed by atoms with E-state index in [1.807, 2.05) is 30.3 Å². The Kier molecular flexibility index (Phi) is 7.19. The Hall–Kier alpha value is -2.44. The van der Waals surface area contributed by atoms with Crippen molar-refractivity contribution < 1.29 is 13.9 Å². The maximum absolute atomic E-state index is 12.9. The number of halogens is 1. The van der Waals surface area contributed by atoms with Gasteiger partial charge in [0.2, 0.25) is 5.91 Å². The van der Waals surface area contributed by atoms with E-state index >= 15 is 0 Å². The number of amides is 1. The van der Waals surface area contributed by atoms with E-state index in [2.05, 4.69) is 15.1 Å². The number of carbonyl (C=O) groups is 1. The van der Waals surface area contributed by atoms with Crippen LogP contribution in [0.25, 0.3) is 0 Å². The zero-order valence-corrected chi connectivity index (χ0v) is 15.4. The van der Waals surface area contributed by atoms with Crippen molar-refractivity contribution in [3.05, 3.63) is 66.0 Å². The van der Waals surface area contributed by atoms with Crippen LogP contribution in [0.2, 0.25) is 0 Å². The monoisotopic (exact) mass is 371 g/mol. The van der Waals surface area contributed by atoms with Gasteiger partial charge in [-0.1, -0.05) is 30.3 Å². The van der Waals surface area contributed by atoms with Crippen molar-refractivity contribution in [1.29, 1.82) is 0 Å². The van der Waals surface area contributed by atoms with Gasteiger partial charge in [0.1, 0.15) is 18.2 Å². The maximum atomic E-state index is 12.9. The third-order valence-corrected chi connectivity index (χ3v) is 4.65. The van der Waals surface area contributed by atoms with Gasteiger partial charge in [-0.25, -0.2) is 4.39 Å². The zero-order chi connectivity index (χ0) is 18.9. The van der Waals surface area contributed by atoms with Crippen LogP contribution >= 0.6 is 0 Å². The predicted octanol–water partition coefficient (Wildman–Crippen LogP) is 2.14. The Morgan fingerprint density at radius 1 is 0.963 bits per heavy atom. The van der Waals surface area contributed by atoms with Crippen LogP contribution < -0.4 is 10.1 Å². The normalized spacial score (nSPS) is 15.4. The molecule has 0 bridgehead atoms. The second kappa shape index (κ2) is 10.0. The molecule has 1 N–H and O–H groups in total. The van der Waals surface area contributed by atoms with Crippen molar-refractivity contribution in [2.75, 3.05) is 45.9 Å². The molecule has 1 heterocycles. The Balaban J connectivity index is 1.29. The molecule has 2 aromatic carbocycles. The first kappa shape index (κ1) is 19.3. The summed E-state index contributed by atoms with van der Waals surface area (Å²) in [5.41, 5.74) is 0.896. The summed E-state index contributed by atoms with van der Waals surface area (Å²) >= 11 is 0. The van der Waals surface area contributed by atoms with Crippen molar-refractivity contribution in [3.63, 3.8) is 0 Å². The molecule has 144 valence electrons. The highest BCUT2D eigenvalue weighted by Crippen LogP contribution is 2.08. The SMILES string of the molecule is O=C(CN1CCN(CCOc2ccccc2)CC1)NCc1ccc(F)cc1. The summed E-state index contributed by atoms with van der Waals surface area (Å²) in [6.07, 6.45) is 0. The number of hydrogen-bond acceptors (Lipinski definition) is 4. The van der Waals surface area contributed by atoms with Crippen molar-refractivity contribution in [1.82, 2.24) is 15.1 Å². The first-order valence-electron chi connectivity index (χ1n) is 9.33. The fraction of sp³-hybridized carbons (Fsp3) is 0.381. The lowest BCUT2D eigenvalue weighted by Gasteiger charge is -2.34. The number of carbonyl (C=O) groups excluding carboxylic acids is 1. The minimum atomic E-state index is -0.267. The molecule has 0 saturated carbocycles. The average molecular weight is 371 g/mol. The Morgan fingerprint density at radius 3 is 2.33 bits per heavy atom. The molecule has 0 aliphatic carbocycles. The summed E-state index contributed by atoms with van der Waals surface area (Å²) in [4.78, 5) is 16.6. The fourth-order valence-electron chi connectivity index (χ4n) is 3.04. The second-order valence-corrected chi connectivity index (χ2v) is 6.68. The lowest BCUT2D eigenvalue weighted by molar-refractivity contribution is -0.122. The number of para-hydroxylation sites is 1.